The molecule has 1 heterocycles. The molecule has 0 aliphatic carbocycles. The molecular weight excluding hydrogens is 252 g/mol. The van der Waals surface area contributed by atoms with Gasteiger partial charge in [0.15, 0.2) is 12.4 Å². The number of amides is 1. The predicted molar refractivity (Wildman–Crippen MR) is 77.0 cm³/mol. The van der Waals surface area contributed by atoms with Gasteiger partial charge in [0.05, 0.1) is 5.56 Å². The molecule has 0 N–H and O–H groups in total. The molecule has 0 radical (unpaired) electrons. The summed E-state index contributed by atoms with van der Waals surface area (Å²) < 4.78 is 0.675. The third kappa shape index (κ3) is 3.15. The quantitative estimate of drug-likeness (QED) is 0.632. The molecule has 4 heteroatoms. The number of pyridine rings is 1. The highest BCUT2D eigenvalue weighted by atomic mass is 16.5. The van der Waals surface area contributed by atoms with Gasteiger partial charge in [-0.15, -0.1) is 0 Å². The van der Waals surface area contributed by atoms with Gasteiger partial charge in [0.25, 0.3) is 5.91 Å². The molecule has 2 rings (SSSR count). The summed E-state index contributed by atoms with van der Waals surface area (Å²) in [5, 5.41) is 11.0. The lowest BCUT2D eigenvalue weighted by Crippen LogP contribution is -2.32. The zero-order chi connectivity index (χ0) is 14.5. The number of hydrogen-bond acceptors (Lipinski definition) is 2. The second kappa shape index (κ2) is 6.19. The fraction of sp³-hybridized carbons (Fsp3) is 0.250. The molecule has 20 heavy (non-hydrogen) atoms. The van der Waals surface area contributed by atoms with Crippen molar-refractivity contribution >= 4 is 5.91 Å². The second-order valence-corrected chi connectivity index (χ2v) is 4.69. The highest BCUT2D eigenvalue weighted by Crippen LogP contribution is 2.12. The zero-order valence-electron chi connectivity index (χ0n) is 11.7. The highest BCUT2D eigenvalue weighted by molar-refractivity contribution is 5.93. The van der Waals surface area contributed by atoms with E-state index < -0.39 is 0 Å². The van der Waals surface area contributed by atoms with Gasteiger partial charge in [-0.1, -0.05) is 24.3 Å². The van der Waals surface area contributed by atoms with Gasteiger partial charge in [-0.25, -0.2) is 0 Å². The third-order valence-electron chi connectivity index (χ3n) is 3.34. The van der Waals surface area contributed by atoms with E-state index in [1.54, 1.807) is 17.0 Å². The van der Waals surface area contributed by atoms with E-state index >= 15 is 0 Å². The Hall–Kier alpha value is -2.36. The van der Waals surface area contributed by atoms with Gasteiger partial charge in [0.2, 0.25) is 0 Å². The molecule has 1 aromatic heterocycles. The number of carbonyl (C=O) groups excluding carboxylic acids is 1. The molecule has 0 saturated carbocycles. The first-order chi connectivity index (χ1) is 9.61. The molecule has 1 amide bonds. The summed E-state index contributed by atoms with van der Waals surface area (Å²) in [5.41, 5.74) is 2.84. The normalized spacial score (nSPS) is 10.3. The second-order valence-electron chi connectivity index (χ2n) is 4.69. The van der Waals surface area contributed by atoms with Crippen LogP contribution >= 0.6 is 0 Å². The van der Waals surface area contributed by atoms with E-state index in [-0.39, 0.29) is 5.91 Å². The van der Waals surface area contributed by atoms with Crippen molar-refractivity contribution in [2.45, 2.75) is 20.4 Å². The minimum Gasteiger partial charge on any atom is -0.619 e. The van der Waals surface area contributed by atoms with Gasteiger partial charge < -0.3 is 10.1 Å². The lowest BCUT2D eigenvalue weighted by atomic mass is 10.1. The lowest BCUT2D eigenvalue weighted by molar-refractivity contribution is -0.605. The van der Waals surface area contributed by atoms with Crippen molar-refractivity contribution in [1.29, 1.82) is 0 Å². The lowest BCUT2D eigenvalue weighted by Gasteiger charge is -2.21. The maximum Gasteiger partial charge on any atom is 0.254 e. The van der Waals surface area contributed by atoms with Crippen LogP contribution in [0.15, 0.2) is 48.8 Å². The van der Waals surface area contributed by atoms with E-state index in [0.717, 1.165) is 5.56 Å². The number of benzene rings is 1. The van der Waals surface area contributed by atoms with Gasteiger partial charge >= 0.3 is 0 Å². The van der Waals surface area contributed by atoms with Crippen molar-refractivity contribution in [2.24, 2.45) is 0 Å². The number of nitrogens with zero attached hydrogens (tertiary/aromatic N) is 2. The fourth-order valence-corrected chi connectivity index (χ4v) is 2.06. The summed E-state index contributed by atoms with van der Waals surface area (Å²) in [6, 6.07) is 11.1. The topological polar surface area (TPSA) is 47.2 Å². The summed E-state index contributed by atoms with van der Waals surface area (Å²) in [7, 11) is 0. The predicted octanol–water partition coefficient (Wildman–Crippen LogP) is 2.29. The average molecular weight is 270 g/mol. The number of carbonyl (C=O) groups is 1. The van der Waals surface area contributed by atoms with Crippen LogP contribution in [0.1, 0.15) is 28.4 Å². The van der Waals surface area contributed by atoms with Crippen molar-refractivity contribution < 1.29 is 9.52 Å². The first-order valence-corrected chi connectivity index (χ1v) is 6.64. The van der Waals surface area contributed by atoms with Crippen molar-refractivity contribution in [3.05, 3.63) is 70.7 Å². The molecular formula is C16H18N2O2. The van der Waals surface area contributed by atoms with Crippen LogP contribution in [0.3, 0.4) is 0 Å². The maximum absolute atomic E-state index is 12.4. The van der Waals surface area contributed by atoms with E-state index in [1.165, 1.54) is 18.0 Å². The number of aryl methyl sites for hydroxylation is 1. The zero-order valence-corrected chi connectivity index (χ0v) is 11.7. The first-order valence-electron chi connectivity index (χ1n) is 6.64. The minimum atomic E-state index is -0.0589. The van der Waals surface area contributed by atoms with E-state index in [4.69, 9.17) is 0 Å². The Labute approximate surface area is 118 Å². The Morgan fingerprint density at radius 3 is 2.45 bits per heavy atom. The summed E-state index contributed by atoms with van der Waals surface area (Å²) in [6.07, 6.45) is 2.68. The van der Waals surface area contributed by atoms with Gasteiger partial charge in [0, 0.05) is 25.2 Å². The third-order valence-corrected chi connectivity index (χ3v) is 3.34. The molecule has 2 aromatic rings. The van der Waals surface area contributed by atoms with Crippen molar-refractivity contribution in [3.63, 3.8) is 0 Å². The van der Waals surface area contributed by atoms with E-state index in [2.05, 4.69) is 0 Å². The first kappa shape index (κ1) is 14.1. The Bertz CT molecular complexity index is 594. The minimum absolute atomic E-state index is 0.0589. The summed E-state index contributed by atoms with van der Waals surface area (Å²) in [4.78, 5) is 14.2. The van der Waals surface area contributed by atoms with Crippen LogP contribution in [0, 0.1) is 12.1 Å². The van der Waals surface area contributed by atoms with Crippen LogP contribution in [0.25, 0.3) is 0 Å². The van der Waals surface area contributed by atoms with Crippen LogP contribution in [0.4, 0.5) is 0 Å². The number of aromatic nitrogens is 1. The van der Waals surface area contributed by atoms with E-state index in [0.29, 0.717) is 23.4 Å². The van der Waals surface area contributed by atoms with Crippen molar-refractivity contribution in [2.75, 3.05) is 6.54 Å². The number of rotatable bonds is 4. The average Bonchev–Trinajstić information content (AvgIpc) is 2.46. The smallest absolute Gasteiger partial charge is 0.254 e. The molecule has 0 bridgehead atoms. The molecule has 4 nitrogen and oxygen atoms in total. The molecule has 104 valence electrons. The summed E-state index contributed by atoms with van der Waals surface area (Å²) in [6.45, 7) is 5.19. The molecule has 1 aromatic carbocycles. The number of hydrogen-bond donors (Lipinski definition) is 0. The van der Waals surface area contributed by atoms with Crippen LogP contribution in [-0.2, 0) is 6.54 Å². The van der Waals surface area contributed by atoms with Gasteiger partial charge in [0.1, 0.15) is 0 Å². The Balaban J connectivity index is 2.18. The van der Waals surface area contributed by atoms with E-state index in [1.807, 2.05) is 38.1 Å². The van der Waals surface area contributed by atoms with Gasteiger partial charge in [-0.2, -0.15) is 4.73 Å². The van der Waals surface area contributed by atoms with Crippen LogP contribution < -0.4 is 4.73 Å². The SMILES string of the molecule is CCN(Cc1ccccc1C)C(=O)c1cc[n+]([O-])cc1. The summed E-state index contributed by atoms with van der Waals surface area (Å²) in [5.74, 6) is -0.0589. The van der Waals surface area contributed by atoms with Gasteiger partial charge in [-0.05, 0) is 25.0 Å². The van der Waals surface area contributed by atoms with Crippen molar-refractivity contribution in [3.8, 4) is 0 Å². The summed E-state index contributed by atoms with van der Waals surface area (Å²) >= 11 is 0. The standard InChI is InChI=1S/C16H18N2O2/c1-3-17(12-15-7-5-4-6-13(15)2)16(19)14-8-10-18(20)11-9-14/h4-11H,3,12H2,1-2H3. The molecule has 0 aliphatic rings. The van der Waals surface area contributed by atoms with E-state index in [9.17, 15) is 10.0 Å². The largest absolute Gasteiger partial charge is 0.619 e. The molecule has 0 fully saturated rings. The van der Waals surface area contributed by atoms with Crippen molar-refractivity contribution in [1.82, 2.24) is 4.90 Å². The molecule has 0 spiro atoms. The van der Waals surface area contributed by atoms with Crippen LogP contribution in [-0.4, -0.2) is 17.4 Å². The fourth-order valence-electron chi connectivity index (χ4n) is 2.06. The Morgan fingerprint density at radius 2 is 1.85 bits per heavy atom. The molecule has 0 aliphatic heterocycles. The highest BCUT2D eigenvalue weighted by Gasteiger charge is 2.15. The molecule has 0 unspecified atom stereocenters. The Kier molecular flexibility index (Phi) is 4.35. The maximum atomic E-state index is 12.4. The molecule has 0 saturated heterocycles. The van der Waals surface area contributed by atoms with Crippen LogP contribution in [0.2, 0.25) is 0 Å². The Morgan fingerprint density at radius 1 is 1.20 bits per heavy atom. The van der Waals surface area contributed by atoms with Gasteiger partial charge in [-0.3, -0.25) is 4.79 Å². The molecule has 0 atom stereocenters. The monoisotopic (exact) mass is 270 g/mol. The van der Waals surface area contributed by atoms with Crippen LogP contribution in [0.5, 0.6) is 0 Å².